The van der Waals surface area contributed by atoms with Crippen LogP contribution in [0.2, 0.25) is 0 Å². The molecular weight excluding hydrogens is 813 g/mol. The van der Waals surface area contributed by atoms with E-state index < -0.39 is 5.25 Å². The lowest BCUT2D eigenvalue weighted by Crippen LogP contribution is -2.38. The van der Waals surface area contributed by atoms with Gasteiger partial charge in [-0.2, -0.15) is 0 Å². The monoisotopic (exact) mass is 856 g/mol. The van der Waals surface area contributed by atoms with Crippen LogP contribution < -0.4 is 30.2 Å². The van der Waals surface area contributed by atoms with Crippen molar-refractivity contribution >= 4 is 109 Å². The van der Waals surface area contributed by atoms with E-state index in [0.29, 0.717) is 21.2 Å². The van der Waals surface area contributed by atoms with E-state index in [1.807, 2.05) is 6.08 Å². The summed E-state index contributed by atoms with van der Waals surface area (Å²) in [4.78, 5) is 35.4. The van der Waals surface area contributed by atoms with Crippen LogP contribution in [0.1, 0.15) is 36.3 Å². The second-order valence-electron chi connectivity index (χ2n) is 15.9. The maximum Gasteiger partial charge on any atom is 0.258 e. The van der Waals surface area contributed by atoms with Gasteiger partial charge in [0.2, 0.25) is 5.91 Å². The van der Waals surface area contributed by atoms with Crippen LogP contribution in [0.4, 0.5) is 51.2 Å². The summed E-state index contributed by atoms with van der Waals surface area (Å²) in [5.41, 5.74) is 12.4. The maximum atomic E-state index is 13.0. The van der Waals surface area contributed by atoms with Gasteiger partial charge in [-0.1, -0.05) is 84.6 Å². The minimum Gasteiger partial charge on any atom is -0.378 e. The van der Waals surface area contributed by atoms with Gasteiger partial charge >= 0.3 is 0 Å². The van der Waals surface area contributed by atoms with Gasteiger partial charge in [0.1, 0.15) is 14.9 Å². The molecule has 4 atom stereocenters. The third-order valence-electron chi connectivity index (χ3n) is 12.0. The summed E-state index contributed by atoms with van der Waals surface area (Å²) >= 11 is 7.91. The summed E-state index contributed by atoms with van der Waals surface area (Å²) in [6, 6.07) is 54.5. The summed E-state index contributed by atoms with van der Waals surface area (Å²) in [7, 11) is 4.13. The van der Waals surface area contributed by atoms with E-state index in [0.717, 1.165) is 58.2 Å². The lowest BCUT2D eigenvalue weighted by atomic mass is 9.96. The predicted molar refractivity (Wildman–Crippen MR) is 259 cm³/mol. The molecule has 1 saturated carbocycles. The van der Waals surface area contributed by atoms with Gasteiger partial charge < -0.3 is 30.2 Å². The largest absolute Gasteiger partial charge is 0.378 e. The van der Waals surface area contributed by atoms with Crippen molar-refractivity contribution < 1.29 is 9.59 Å². The highest BCUT2D eigenvalue weighted by Crippen LogP contribution is 2.53. The minimum absolute atomic E-state index is 0.151. The summed E-state index contributed by atoms with van der Waals surface area (Å²) in [5, 5.41) is 4.90. The first kappa shape index (κ1) is 39.1. The Labute approximate surface area is 370 Å². The number of nitrogens with zero attached hydrogens (tertiary/aromatic N) is 4. The first-order valence-electron chi connectivity index (χ1n) is 20.6. The number of benzene rings is 6. The Morgan fingerprint density at radius 1 is 0.656 bits per heavy atom. The molecule has 3 fully saturated rings. The molecule has 0 bridgehead atoms. The van der Waals surface area contributed by atoms with Gasteiger partial charge in [-0.05, 0) is 139 Å². The first-order chi connectivity index (χ1) is 29.8. The molecule has 3 aliphatic heterocycles. The van der Waals surface area contributed by atoms with Crippen molar-refractivity contribution in [1.29, 1.82) is 0 Å². The van der Waals surface area contributed by atoms with E-state index >= 15 is 0 Å². The molecule has 6 aromatic rings. The molecule has 0 spiro atoms. The van der Waals surface area contributed by atoms with E-state index in [-0.39, 0.29) is 17.2 Å². The number of amides is 2. The Morgan fingerprint density at radius 2 is 1.20 bits per heavy atom. The van der Waals surface area contributed by atoms with Gasteiger partial charge in [0, 0.05) is 77.2 Å². The highest BCUT2D eigenvalue weighted by atomic mass is 32.2. The molecule has 0 radical (unpaired) electrons. The van der Waals surface area contributed by atoms with Crippen molar-refractivity contribution in [3.05, 3.63) is 168 Å². The van der Waals surface area contributed by atoms with Crippen LogP contribution in [0, 0.1) is 0 Å². The molecule has 304 valence electrons. The molecule has 0 aromatic heterocycles. The number of hydrogen-bond acceptors (Lipinski definition) is 9. The Hall–Kier alpha value is -6.01. The van der Waals surface area contributed by atoms with Crippen LogP contribution in [0.5, 0.6) is 0 Å². The van der Waals surface area contributed by atoms with Crippen molar-refractivity contribution in [2.24, 2.45) is 0 Å². The van der Waals surface area contributed by atoms with E-state index in [1.165, 1.54) is 46.9 Å². The van der Waals surface area contributed by atoms with Gasteiger partial charge in [0.05, 0.1) is 4.91 Å². The maximum absolute atomic E-state index is 13.0. The summed E-state index contributed by atoms with van der Waals surface area (Å²) in [6.45, 7) is 0. The average Bonchev–Trinajstić information content (AvgIpc) is 4.06. The number of carbonyl (C=O) groups excluding carboxylic acids is 2. The fourth-order valence-electron chi connectivity index (χ4n) is 9.14. The molecule has 2 saturated heterocycles. The molecule has 11 heteroatoms. The van der Waals surface area contributed by atoms with Crippen molar-refractivity contribution in [3.63, 3.8) is 0 Å². The zero-order valence-corrected chi connectivity index (χ0v) is 36.2. The van der Waals surface area contributed by atoms with Gasteiger partial charge in [-0.25, -0.2) is 0 Å². The number of nitrogens with one attached hydrogen (secondary N) is 2. The van der Waals surface area contributed by atoms with E-state index in [9.17, 15) is 9.59 Å². The van der Waals surface area contributed by atoms with Gasteiger partial charge in [-0.3, -0.25) is 9.59 Å². The molecule has 10 rings (SSSR count). The molecular formula is C50H44N6O2S3. The summed E-state index contributed by atoms with van der Waals surface area (Å²) < 4.78 is 0.457. The Morgan fingerprint density at radius 3 is 1.74 bits per heavy atom. The van der Waals surface area contributed by atoms with Crippen molar-refractivity contribution in [2.75, 3.05) is 33.7 Å². The van der Waals surface area contributed by atoms with Crippen LogP contribution in [-0.4, -0.2) is 46.9 Å². The van der Waals surface area contributed by atoms with Crippen LogP contribution >= 0.6 is 35.7 Å². The molecule has 1 aliphatic carbocycles. The molecule has 2 N–H and O–H groups in total. The second kappa shape index (κ2) is 16.5. The molecule has 3 heterocycles. The molecule has 8 nitrogen and oxygen atoms in total. The fourth-order valence-corrected chi connectivity index (χ4v) is 11.7. The van der Waals surface area contributed by atoms with E-state index in [2.05, 4.69) is 196 Å². The summed E-state index contributed by atoms with van der Waals surface area (Å²) in [5.74, 6) is 0.117. The lowest BCUT2D eigenvalue weighted by Gasteiger charge is -2.30. The molecule has 61 heavy (non-hydrogen) atoms. The standard InChI is InChI=1S/C50H44N6O2S3/c1-53(2)33-17-19-36(20-18-33)55(38-23-21-37(22-24-38)54(34-10-5-3-6-11-34)35-12-7-4-8-13-35)39-25-27-40(28-26-39)56-43-15-9-14-41(43)42-30-32(16-29-44(42)56)31-45-47(57)51-49(60-45)46-48(58)52-50(59)61-46/h3-8,10-13,16-31,41,43,46,49H,9,14-15H2,1-2H3,(H,51,57)(H,52,58,59)/b45-31-. The normalized spacial score (nSPS) is 21.0. The number of anilines is 9. The van der Waals surface area contributed by atoms with Crippen molar-refractivity contribution in [1.82, 2.24) is 10.6 Å². The van der Waals surface area contributed by atoms with Gasteiger partial charge in [-0.15, -0.1) is 0 Å². The molecule has 4 unspecified atom stereocenters. The second-order valence-corrected chi connectivity index (χ2v) is 18.9. The van der Waals surface area contributed by atoms with Crippen LogP contribution in [0.25, 0.3) is 6.08 Å². The molecule has 6 aromatic carbocycles. The number of fused-ring (bicyclic) bond motifs is 3. The predicted octanol–water partition coefficient (Wildman–Crippen LogP) is 11.5. The number of carbonyl (C=O) groups is 2. The average molecular weight is 857 g/mol. The highest BCUT2D eigenvalue weighted by Gasteiger charge is 2.44. The van der Waals surface area contributed by atoms with Gasteiger partial charge in [0.15, 0.2) is 0 Å². The quantitative estimate of drug-likeness (QED) is 0.104. The van der Waals surface area contributed by atoms with E-state index in [4.69, 9.17) is 12.2 Å². The van der Waals surface area contributed by atoms with Gasteiger partial charge in [0.25, 0.3) is 5.91 Å². The van der Waals surface area contributed by atoms with E-state index in [1.54, 1.807) is 0 Å². The fraction of sp³-hybridized carbons (Fsp3) is 0.180. The van der Waals surface area contributed by atoms with Crippen LogP contribution in [-0.2, 0) is 9.59 Å². The number of para-hydroxylation sites is 2. The van der Waals surface area contributed by atoms with Crippen molar-refractivity contribution in [2.45, 2.75) is 41.8 Å². The Bertz CT molecular complexity index is 2600. The third-order valence-corrected chi connectivity index (χ3v) is 14.8. The number of thiocarbonyl (C=S) groups is 1. The summed E-state index contributed by atoms with van der Waals surface area (Å²) in [6.07, 6.45) is 5.40. The first-order valence-corrected chi connectivity index (χ1v) is 22.8. The van der Waals surface area contributed by atoms with Crippen LogP contribution in [0.15, 0.2) is 157 Å². The van der Waals surface area contributed by atoms with Crippen molar-refractivity contribution in [3.8, 4) is 0 Å². The molecule has 4 aliphatic rings. The minimum atomic E-state index is -0.432. The number of thioether (sulfide) groups is 2. The zero-order chi connectivity index (χ0) is 41.6. The lowest BCUT2D eigenvalue weighted by molar-refractivity contribution is -0.119. The number of rotatable bonds is 10. The Kier molecular flexibility index (Phi) is 10.6. The topological polar surface area (TPSA) is 71.2 Å². The zero-order valence-electron chi connectivity index (χ0n) is 33.8. The molecule has 2 amide bonds. The Balaban J connectivity index is 0.953. The smallest absolute Gasteiger partial charge is 0.258 e. The third kappa shape index (κ3) is 7.55. The SMILES string of the molecule is CN(C)c1ccc(N(c2ccc(N(c3ccccc3)c3ccccc3)cc2)c2ccc(N3c4ccc(/C=C5\SC(C6SC(=S)NC6=O)NC5=O)cc4C4CCCC43)cc2)cc1. The highest BCUT2D eigenvalue weighted by molar-refractivity contribution is 8.25. The van der Waals surface area contributed by atoms with Crippen LogP contribution in [0.3, 0.4) is 0 Å². The number of hydrogen-bond donors (Lipinski definition) is 2.